The van der Waals surface area contributed by atoms with Crippen LogP contribution >= 0.6 is 11.3 Å². The topological polar surface area (TPSA) is 66.9 Å². The molecule has 1 aromatic carbocycles. The molecule has 0 radical (unpaired) electrons. The third-order valence-electron chi connectivity index (χ3n) is 3.69. The highest BCUT2D eigenvalue weighted by molar-refractivity contribution is 7.22. The number of hydrogen-bond donors (Lipinski definition) is 2. The summed E-state index contributed by atoms with van der Waals surface area (Å²) in [5.41, 5.74) is 2.04. The standard InChI is InChI=1S/C19H22N4OS/c1-12-15-17(20-10-14(24)23-19(2,3)4)21-11-22-18(15)25-16(12)13-8-6-5-7-9-13/h5-9,11H,10H2,1-4H3,(H,23,24)(H,20,21,22). The number of carbonyl (C=O) groups is 1. The summed E-state index contributed by atoms with van der Waals surface area (Å²) in [7, 11) is 0. The molecule has 6 heteroatoms. The van der Waals surface area contributed by atoms with Crippen molar-refractivity contribution in [3.05, 3.63) is 42.2 Å². The number of nitrogens with zero attached hydrogens (tertiary/aromatic N) is 2. The average Bonchev–Trinajstić information content (AvgIpc) is 2.90. The maximum Gasteiger partial charge on any atom is 0.239 e. The smallest absolute Gasteiger partial charge is 0.239 e. The van der Waals surface area contributed by atoms with E-state index in [9.17, 15) is 4.79 Å². The van der Waals surface area contributed by atoms with Crippen LogP contribution in [0.3, 0.4) is 0 Å². The quantitative estimate of drug-likeness (QED) is 0.743. The van der Waals surface area contributed by atoms with Crippen LogP contribution < -0.4 is 10.6 Å². The van der Waals surface area contributed by atoms with Gasteiger partial charge in [0, 0.05) is 10.4 Å². The highest BCUT2D eigenvalue weighted by atomic mass is 32.1. The second-order valence-corrected chi connectivity index (χ2v) is 7.98. The van der Waals surface area contributed by atoms with Gasteiger partial charge in [0.05, 0.1) is 11.9 Å². The van der Waals surface area contributed by atoms with Gasteiger partial charge in [-0.1, -0.05) is 30.3 Å². The Labute approximate surface area is 151 Å². The van der Waals surface area contributed by atoms with Crippen LogP contribution in [0.25, 0.3) is 20.7 Å². The van der Waals surface area contributed by atoms with Gasteiger partial charge in [0.25, 0.3) is 0 Å². The van der Waals surface area contributed by atoms with Crippen molar-refractivity contribution in [1.82, 2.24) is 15.3 Å². The average molecular weight is 354 g/mol. The number of amides is 1. The highest BCUT2D eigenvalue weighted by Gasteiger charge is 2.17. The summed E-state index contributed by atoms with van der Waals surface area (Å²) in [5.74, 6) is 0.639. The lowest BCUT2D eigenvalue weighted by molar-refractivity contribution is -0.120. The van der Waals surface area contributed by atoms with Crippen LogP contribution in [-0.2, 0) is 4.79 Å². The van der Waals surface area contributed by atoms with E-state index in [-0.39, 0.29) is 18.0 Å². The number of anilines is 1. The van der Waals surface area contributed by atoms with Crippen LogP contribution in [-0.4, -0.2) is 28.0 Å². The first-order valence-corrected chi connectivity index (χ1v) is 9.01. The number of aromatic nitrogens is 2. The van der Waals surface area contributed by atoms with Crippen LogP contribution in [0.2, 0.25) is 0 Å². The largest absolute Gasteiger partial charge is 0.360 e. The number of fused-ring (bicyclic) bond motifs is 1. The molecule has 130 valence electrons. The number of hydrogen-bond acceptors (Lipinski definition) is 5. The number of aryl methyl sites for hydroxylation is 1. The summed E-state index contributed by atoms with van der Waals surface area (Å²) in [6.45, 7) is 8.14. The van der Waals surface area contributed by atoms with Crippen molar-refractivity contribution in [2.24, 2.45) is 0 Å². The third-order valence-corrected chi connectivity index (χ3v) is 4.94. The maximum atomic E-state index is 12.1. The molecule has 2 heterocycles. The molecular formula is C19H22N4OS. The lowest BCUT2D eigenvalue weighted by Gasteiger charge is -2.20. The summed E-state index contributed by atoms with van der Waals surface area (Å²) in [6.07, 6.45) is 1.54. The van der Waals surface area contributed by atoms with Crippen LogP contribution in [0.5, 0.6) is 0 Å². The molecule has 5 nitrogen and oxygen atoms in total. The second kappa shape index (κ2) is 6.80. The first-order chi connectivity index (χ1) is 11.8. The molecule has 0 unspecified atom stereocenters. The molecule has 0 aliphatic heterocycles. The van der Waals surface area contributed by atoms with Crippen molar-refractivity contribution >= 4 is 33.3 Å². The van der Waals surface area contributed by atoms with Gasteiger partial charge < -0.3 is 10.6 Å². The van der Waals surface area contributed by atoms with Crippen LogP contribution in [0, 0.1) is 6.92 Å². The predicted octanol–water partition coefficient (Wildman–Crippen LogP) is 3.99. The van der Waals surface area contributed by atoms with Crippen molar-refractivity contribution in [1.29, 1.82) is 0 Å². The molecule has 0 bridgehead atoms. The zero-order valence-corrected chi connectivity index (χ0v) is 15.7. The van der Waals surface area contributed by atoms with Crippen LogP contribution in [0.15, 0.2) is 36.7 Å². The van der Waals surface area contributed by atoms with E-state index in [1.165, 1.54) is 16.8 Å². The second-order valence-electron chi connectivity index (χ2n) is 6.98. The summed E-state index contributed by atoms with van der Waals surface area (Å²) in [5, 5.41) is 7.08. The lowest BCUT2D eigenvalue weighted by Crippen LogP contribution is -2.43. The van der Waals surface area contributed by atoms with Gasteiger partial charge >= 0.3 is 0 Å². The normalized spacial score (nSPS) is 11.5. The molecular weight excluding hydrogens is 332 g/mol. The summed E-state index contributed by atoms with van der Waals surface area (Å²) < 4.78 is 0. The van der Waals surface area contributed by atoms with E-state index in [1.807, 2.05) is 39.0 Å². The number of benzene rings is 1. The Morgan fingerprint density at radius 3 is 2.56 bits per heavy atom. The molecule has 25 heavy (non-hydrogen) atoms. The molecule has 2 aromatic heterocycles. The number of thiophene rings is 1. The van der Waals surface area contributed by atoms with E-state index in [1.54, 1.807) is 11.3 Å². The highest BCUT2D eigenvalue weighted by Crippen LogP contribution is 2.39. The molecule has 0 atom stereocenters. The van der Waals surface area contributed by atoms with Crippen molar-refractivity contribution in [3.8, 4) is 10.4 Å². The minimum Gasteiger partial charge on any atom is -0.360 e. The van der Waals surface area contributed by atoms with Gasteiger partial charge in [-0.2, -0.15) is 0 Å². The molecule has 0 saturated heterocycles. The summed E-state index contributed by atoms with van der Waals surface area (Å²) >= 11 is 1.64. The molecule has 0 aliphatic rings. The Morgan fingerprint density at radius 2 is 1.88 bits per heavy atom. The molecule has 2 N–H and O–H groups in total. The zero-order chi connectivity index (χ0) is 18.0. The van der Waals surface area contributed by atoms with Gasteiger partial charge in [-0.3, -0.25) is 4.79 Å². The Hall–Kier alpha value is -2.47. The molecule has 0 aliphatic carbocycles. The van der Waals surface area contributed by atoms with E-state index in [2.05, 4.69) is 39.7 Å². The van der Waals surface area contributed by atoms with E-state index < -0.39 is 0 Å². The van der Waals surface area contributed by atoms with E-state index in [0.29, 0.717) is 5.82 Å². The van der Waals surface area contributed by atoms with Crippen molar-refractivity contribution in [2.45, 2.75) is 33.2 Å². The Bertz CT molecular complexity index is 897. The third kappa shape index (κ3) is 3.96. The van der Waals surface area contributed by atoms with Crippen LogP contribution in [0.4, 0.5) is 5.82 Å². The van der Waals surface area contributed by atoms with Gasteiger partial charge in [-0.05, 0) is 38.8 Å². The molecule has 3 rings (SSSR count). The number of rotatable bonds is 4. The van der Waals surface area contributed by atoms with Crippen molar-refractivity contribution in [3.63, 3.8) is 0 Å². The van der Waals surface area contributed by atoms with Crippen LogP contribution in [0.1, 0.15) is 26.3 Å². The van der Waals surface area contributed by atoms with Gasteiger partial charge in [-0.25, -0.2) is 9.97 Å². The Balaban J connectivity index is 1.90. The molecule has 0 spiro atoms. The van der Waals surface area contributed by atoms with Gasteiger partial charge in [0.2, 0.25) is 5.91 Å². The first-order valence-electron chi connectivity index (χ1n) is 8.19. The summed E-state index contributed by atoms with van der Waals surface area (Å²) in [6, 6.07) is 10.2. The zero-order valence-electron chi connectivity index (χ0n) is 14.9. The van der Waals surface area contributed by atoms with Crippen molar-refractivity contribution < 1.29 is 4.79 Å². The fraction of sp³-hybridized carbons (Fsp3) is 0.316. The monoisotopic (exact) mass is 354 g/mol. The SMILES string of the molecule is Cc1c(-c2ccccc2)sc2ncnc(NCC(=O)NC(C)(C)C)c12. The van der Waals surface area contributed by atoms with E-state index in [4.69, 9.17) is 0 Å². The van der Waals surface area contributed by atoms with Crippen molar-refractivity contribution in [2.75, 3.05) is 11.9 Å². The van der Waals surface area contributed by atoms with Gasteiger partial charge in [-0.15, -0.1) is 11.3 Å². The maximum absolute atomic E-state index is 12.1. The molecule has 1 amide bonds. The first kappa shape index (κ1) is 17.4. The number of nitrogens with one attached hydrogen (secondary N) is 2. The minimum atomic E-state index is -0.251. The molecule has 0 saturated carbocycles. The lowest BCUT2D eigenvalue weighted by atomic mass is 10.1. The fourth-order valence-corrected chi connectivity index (χ4v) is 3.85. The van der Waals surface area contributed by atoms with E-state index in [0.717, 1.165) is 15.8 Å². The van der Waals surface area contributed by atoms with Gasteiger partial charge in [0.1, 0.15) is 17.0 Å². The molecule has 3 aromatic rings. The number of carbonyl (C=O) groups excluding carboxylic acids is 1. The predicted molar refractivity (Wildman–Crippen MR) is 104 cm³/mol. The summed E-state index contributed by atoms with van der Waals surface area (Å²) in [4.78, 5) is 22.9. The Kier molecular flexibility index (Phi) is 4.72. The van der Waals surface area contributed by atoms with Gasteiger partial charge in [0.15, 0.2) is 0 Å². The van der Waals surface area contributed by atoms with E-state index >= 15 is 0 Å². The minimum absolute atomic E-state index is 0.0598. The Morgan fingerprint density at radius 1 is 1.16 bits per heavy atom. The molecule has 0 fully saturated rings. The fourth-order valence-electron chi connectivity index (χ4n) is 2.70.